The molecule has 5 nitrogen and oxygen atoms in total. The Kier molecular flexibility index (Phi) is 4.01. The summed E-state index contributed by atoms with van der Waals surface area (Å²) in [5, 5.41) is 6.85. The van der Waals surface area contributed by atoms with Crippen LogP contribution in [-0.2, 0) is 0 Å². The highest BCUT2D eigenvalue weighted by atomic mass is 16.2. The van der Waals surface area contributed by atoms with E-state index in [-0.39, 0.29) is 5.69 Å². The lowest BCUT2D eigenvalue weighted by Gasteiger charge is -2.08. The van der Waals surface area contributed by atoms with Gasteiger partial charge in [-0.3, -0.25) is 9.59 Å². The lowest BCUT2D eigenvalue weighted by molar-refractivity contribution is 0.101. The molecule has 2 aromatic carbocycles. The molecule has 114 valence electrons. The van der Waals surface area contributed by atoms with Crippen molar-refractivity contribution in [3.63, 3.8) is 0 Å². The number of anilines is 1. The van der Waals surface area contributed by atoms with Crippen LogP contribution in [0.2, 0.25) is 0 Å². The SMILES string of the molecule is Cc1cccc(-n2ccc(=O)c(C(=O)Nc3ccccc3)n2)c1. The first-order valence-electron chi connectivity index (χ1n) is 7.17. The van der Waals surface area contributed by atoms with Crippen molar-refractivity contribution in [1.29, 1.82) is 0 Å². The molecule has 0 atom stereocenters. The van der Waals surface area contributed by atoms with Gasteiger partial charge in [-0.2, -0.15) is 5.10 Å². The average Bonchev–Trinajstić information content (AvgIpc) is 2.56. The second-order valence-electron chi connectivity index (χ2n) is 5.13. The van der Waals surface area contributed by atoms with Crippen molar-refractivity contribution in [2.75, 3.05) is 5.32 Å². The van der Waals surface area contributed by atoms with Crippen LogP contribution in [0.5, 0.6) is 0 Å². The van der Waals surface area contributed by atoms with E-state index in [4.69, 9.17) is 0 Å². The third kappa shape index (κ3) is 3.35. The van der Waals surface area contributed by atoms with Gasteiger partial charge in [-0.15, -0.1) is 0 Å². The van der Waals surface area contributed by atoms with Crippen molar-refractivity contribution >= 4 is 11.6 Å². The van der Waals surface area contributed by atoms with Gasteiger partial charge in [-0.25, -0.2) is 4.68 Å². The maximum atomic E-state index is 12.3. The van der Waals surface area contributed by atoms with E-state index >= 15 is 0 Å². The van der Waals surface area contributed by atoms with E-state index < -0.39 is 11.3 Å². The number of aryl methyl sites for hydroxylation is 1. The van der Waals surface area contributed by atoms with Crippen LogP contribution in [0, 0.1) is 6.92 Å². The summed E-state index contributed by atoms with van der Waals surface area (Å²) < 4.78 is 1.52. The quantitative estimate of drug-likeness (QED) is 0.809. The fourth-order valence-electron chi connectivity index (χ4n) is 2.19. The number of nitrogens with one attached hydrogen (secondary N) is 1. The van der Waals surface area contributed by atoms with Crippen LogP contribution in [0.3, 0.4) is 0 Å². The summed E-state index contributed by atoms with van der Waals surface area (Å²) in [4.78, 5) is 24.3. The molecule has 23 heavy (non-hydrogen) atoms. The van der Waals surface area contributed by atoms with Crippen molar-refractivity contribution < 1.29 is 4.79 Å². The second kappa shape index (κ2) is 6.27. The molecule has 0 aliphatic heterocycles. The van der Waals surface area contributed by atoms with Crippen molar-refractivity contribution in [2.45, 2.75) is 6.92 Å². The van der Waals surface area contributed by atoms with Crippen LogP contribution in [0.4, 0.5) is 5.69 Å². The van der Waals surface area contributed by atoms with Gasteiger partial charge in [0.2, 0.25) is 5.43 Å². The molecule has 3 aromatic rings. The predicted molar refractivity (Wildman–Crippen MR) is 89.0 cm³/mol. The van der Waals surface area contributed by atoms with Crippen LogP contribution >= 0.6 is 0 Å². The second-order valence-corrected chi connectivity index (χ2v) is 5.13. The van der Waals surface area contributed by atoms with Gasteiger partial charge >= 0.3 is 0 Å². The molecule has 0 fully saturated rings. The monoisotopic (exact) mass is 305 g/mol. The fourth-order valence-corrected chi connectivity index (χ4v) is 2.19. The van der Waals surface area contributed by atoms with Crippen molar-refractivity contribution in [3.05, 3.63) is 88.3 Å². The Bertz CT molecular complexity index is 901. The van der Waals surface area contributed by atoms with Gasteiger partial charge in [0.05, 0.1) is 5.69 Å². The van der Waals surface area contributed by atoms with Gasteiger partial charge < -0.3 is 5.32 Å². The van der Waals surface area contributed by atoms with Crippen LogP contribution in [0.15, 0.2) is 71.7 Å². The molecule has 5 heteroatoms. The molecular weight excluding hydrogens is 290 g/mol. The molecule has 3 rings (SSSR count). The summed E-state index contributed by atoms with van der Waals surface area (Å²) >= 11 is 0. The topological polar surface area (TPSA) is 64.0 Å². The van der Waals surface area contributed by atoms with Crippen LogP contribution in [0.1, 0.15) is 16.1 Å². The van der Waals surface area contributed by atoms with E-state index in [0.717, 1.165) is 11.3 Å². The highest BCUT2D eigenvalue weighted by molar-refractivity contribution is 6.02. The number of amides is 1. The molecule has 0 bridgehead atoms. The molecule has 1 N–H and O–H groups in total. The van der Waals surface area contributed by atoms with Gasteiger partial charge in [0, 0.05) is 18.0 Å². The molecule has 0 saturated heterocycles. The zero-order chi connectivity index (χ0) is 16.2. The number of benzene rings is 2. The Morgan fingerprint density at radius 3 is 2.57 bits per heavy atom. The average molecular weight is 305 g/mol. The molecule has 0 aliphatic carbocycles. The number of hydrogen-bond acceptors (Lipinski definition) is 3. The minimum atomic E-state index is -0.525. The number of carbonyl (C=O) groups is 1. The van der Waals surface area contributed by atoms with E-state index in [9.17, 15) is 9.59 Å². The minimum Gasteiger partial charge on any atom is -0.320 e. The number of aromatic nitrogens is 2. The van der Waals surface area contributed by atoms with Gasteiger partial charge in [-0.05, 0) is 36.8 Å². The summed E-state index contributed by atoms with van der Waals surface area (Å²) in [7, 11) is 0. The molecule has 0 saturated carbocycles. The molecule has 0 spiro atoms. The summed E-state index contributed by atoms with van der Waals surface area (Å²) in [6.07, 6.45) is 1.55. The summed E-state index contributed by atoms with van der Waals surface area (Å²) in [6.45, 7) is 1.97. The van der Waals surface area contributed by atoms with Crippen LogP contribution in [0.25, 0.3) is 5.69 Å². The number of carbonyl (C=O) groups excluding carboxylic acids is 1. The van der Waals surface area contributed by atoms with Gasteiger partial charge in [0.1, 0.15) is 0 Å². The fraction of sp³-hybridized carbons (Fsp3) is 0.0556. The molecular formula is C18H15N3O2. The van der Waals surface area contributed by atoms with Crippen molar-refractivity contribution in [3.8, 4) is 5.69 Å². The maximum absolute atomic E-state index is 12.3. The van der Waals surface area contributed by atoms with Gasteiger partial charge in [0.25, 0.3) is 5.91 Å². The lowest BCUT2D eigenvalue weighted by Crippen LogP contribution is -2.25. The molecule has 1 heterocycles. The first kappa shape index (κ1) is 14.7. The Balaban J connectivity index is 1.95. The van der Waals surface area contributed by atoms with E-state index in [1.165, 1.54) is 10.7 Å². The predicted octanol–water partition coefficient (Wildman–Crippen LogP) is 2.79. The van der Waals surface area contributed by atoms with E-state index in [2.05, 4.69) is 10.4 Å². The highest BCUT2D eigenvalue weighted by Crippen LogP contribution is 2.09. The first-order valence-corrected chi connectivity index (χ1v) is 7.17. The van der Waals surface area contributed by atoms with E-state index in [1.807, 2.05) is 37.3 Å². The maximum Gasteiger partial charge on any atom is 0.280 e. The normalized spacial score (nSPS) is 10.3. The summed E-state index contributed by atoms with van der Waals surface area (Å²) in [6, 6.07) is 18.0. The number of hydrogen-bond donors (Lipinski definition) is 1. The number of para-hydroxylation sites is 1. The van der Waals surface area contributed by atoms with Crippen LogP contribution < -0.4 is 10.7 Å². The molecule has 1 aromatic heterocycles. The number of rotatable bonds is 3. The molecule has 0 radical (unpaired) electrons. The third-order valence-corrected chi connectivity index (χ3v) is 3.32. The summed E-state index contributed by atoms with van der Waals surface area (Å²) in [5.41, 5.74) is 1.92. The third-order valence-electron chi connectivity index (χ3n) is 3.32. The highest BCUT2D eigenvalue weighted by Gasteiger charge is 2.13. The van der Waals surface area contributed by atoms with E-state index in [0.29, 0.717) is 5.69 Å². The number of nitrogens with zero attached hydrogens (tertiary/aromatic N) is 2. The smallest absolute Gasteiger partial charge is 0.280 e. The Labute approximate surface area is 133 Å². The Morgan fingerprint density at radius 1 is 1.04 bits per heavy atom. The Morgan fingerprint density at radius 2 is 1.83 bits per heavy atom. The molecule has 0 aliphatic rings. The van der Waals surface area contributed by atoms with Gasteiger partial charge in [0.15, 0.2) is 5.69 Å². The molecule has 1 amide bonds. The minimum absolute atomic E-state index is 0.141. The van der Waals surface area contributed by atoms with Gasteiger partial charge in [-0.1, -0.05) is 30.3 Å². The lowest BCUT2D eigenvalue weighted by atomic mass is 10.2. The zero-order valence-corrected chi connectivity index (χ0v) is 12.6. The van der Waals surface area contributed by atoms with Crippen LogP contribution in [-0.4, -0.2) is 15.7 Å². The van der Waals surface area contributed by atoms with Crippen molar-refractivity contribution in [1.82, 2.24) is 9.78 Å². The Hall–Kier alpha value is -3.21. The van der Waals surface area contributed by atoms with Crippen molar-refractivity contribution in [2.24, 2.45) is 0 Å². The molecule has 0 unspecified atom stereocenters. The largest absolute Gasteiger partial charge is 0.320 e. The summed E-state index contributed by atoms with van der Waals surface area (Å²) in [5.74, 6) is -0.525. The first-order chi connectivity index (χ1) is 11.1. The van der Waals surface area contributed by atoms with E-state index in [1.54, 1.807) is 30.5 Å². The zero-order valence-electron chi connectivity index (χ0n) is 12.6. The standard InChI is InChI=1S/C18H15N3O2/c1-13-6-5-9-15(12-13)21-11-10-16(22)17(20-21)18(23)19-14-7-3-2-4-8-14/h2-12H,1H3,(H,19,23).